The standard InChI is InChI=1S/C15H30N4O2/c1-3-5-10-19(11-13-7-6-9-16-13)12-14(20)18-15(21)17-8-4-2/h13,16H,3-12H2,1-2H3,(H2,17,18,20,21). The van der Waals surface area contributed by atoms with Gasteiger partial charge in [-0.3, -0.25) is 15.0 Å². The van der Waals surface area contributed by atoms with Crippen molar-refractivity contribution >= 4 is 11.9 Å². The molecule has 6 nitrogen and oxygen atoms in total. The zero-order valence-corrected chi connectivity index (χ0v) is 13.4. The van der Waals surface area contributed by atoms with Crippen LogP contribution < -0.4 is 16.0 Å². The lowest BCUT2D eigenvalue weighted by Gasteiger charge is -2.24. The highest BCUT2D eigenvalue weighted by molar-refractivity contribution is 5.95. The summed E-state index contributed by atoms with van der Waals surface area (Å²) < 4.78 is 0. The molecule has 0 bridgehead atoms. The van der Waals surface area contributed by atoms with Gasteiger partial charge in [0, 0.05) is 19.1 Å². The van der Waals surface area contributed by atoms with Crippen LogP contribution in [-0.2, 0) is 4.79 Å². The Morgan fingerprint density at radius 1 is 1.29 bits per heavy atom. The molecule has 3 N–H and O–H groups in total. The Bertz CT molecular complexity index is 317. The molecule has 0 aliphatic carbocycles. The average Bonchev–Trinajstić information content (AvgIpc) is 2.95. The molecule has 1 heterocycles. The minimum Gasteiger partial charge on any atom is -0.338 e. The smallest absolute Gasteiger partial charge is 0.321 e. The van der Waals surface area contributed by atoms with Crippen LogP contribution in [0.1, 0.15) is 46.0 Å². The van der Waals surface area contributed by atoms with Crippen molar-refractivity contribution in [2.45, 2.75) is 52.0 Å². The second-order valence-electron chi connectivity index (χ2n) is 5.69. The predicted octanol–water partition coefficient (Wildman–Crippen LogP) is 1.08. The Kier molecular flexibility index (Phi) is 9.01. The van der Waals surface area contributed by atoms with Crippen LogP contribution in [0, 0.1) is 0 Å². The predicted molar refractivity (Wildman–Crippen MR) is 84.2 cm³/mol. The van der Waals surface area contributed by atoms with E-state index in [2.05, 4.69) is 27.8 Å². The number of carbonyl (C=O) groups excluding carboxylic acids is 2. The summed E-state index contributed by atoms with van der Waals surface area (Å²) in [6.45, 7) is 7.84. The molecule has 1 aliphatic rings. The first-order chi connectivity index (χ1) is 10.2. The molecule has 6 heteroatoms. The number of hydrogen-bond acceptors (Lipinski definition) is 4. The van der Waals surface area contributed by atoms with E-state index in [4.69, 9.17) is 0 Å². The van der Waals surface area contributed by atoms with Gasteiger partial charge in [-0.2, -0.15) is 0 Å². The lowest BCUT2D eigenvalue weighted by molar-refractivity contribution is -0.121. The maximum atomic E-state index is 11.9. The van der Waals surface area contributed by atoms with E-state index in [1.165, 1.54) is 12.8 Å². The fraction of sp³-hybridized carbons (Fsp3) is 0.867. The van der Waals surface area contributed by atoms with Gasteiger partial charge in [-0.15, -0.1) is 0 Å². The highest BCUT2D eigenvalue weighted by Crippen LogP contribution is 2.07. The number of rotatable bonds is 9. The van der Waals surface area contributed by atoms with Crippen LogP contribution in [0.4, 0.5) is 4.79 Å². The molecule has 1 aliphatic heterocycles. The van der Waals surface area contributed by atoms with Crippen molar-refractivity contribution in [3.8, 4) is 0 Å². The molecule has 0 radical (unpaired) electrons. The molecule has 1 rings (SSSR count). The molecular formula is C15H30N4O2. The van der Waals surface area contributed by atoms with Crippen molar-refractivity contribution in [1.29, 1.82) is 0 Å². The number of imide groups is 1. The Balaban J connectivity index is 2.35. The minimum absolute atomic E-state index is 0.224. The van der Waals surface area contributed by atoms with Crippen LogP contribution >= 0.6 is 0 Å². The maximum absolute atomic E-state index is 11.9. The van der Waals surface area contributed by atoms with E-state index in [0.717, 1.165) is 38.9 Å². The van der Waals surface area contributed by atoms with Crippen molar-refractivity contribution in [2.75, 3.05) is 32.7 Å². The van der Waals surface area contributed by atoms with Crippen molar-refractivity contribution < 1.29 is 9.59 Å². The van der Waals surface area contributed by atoms with Gasteiger partial charge in [-0.1, -0.05) is 20.3 Å². The normalized spacial score (nSPS) is 18.0. The number of amides is 3. The third-order valence-corrected chi connectivity index (χ3v) is 3.62. The average molecular weight is 298 g/mol. The van der Waals surface area contributed by atoms with Gasteiger partial charge in [0.1, 0.15) is 0 Å². The summed E-state index contributed by atoms with van der Waals surface area (Å²) in [6, 6.07) is 0.0832. The van der Waals surface area contributed by atoms with E-state index in [-0.39, 0.29) is 12.5 Å². The zero-order chi connectivity index (χ0) is 15.5. The number of hydrogen-bond donors (Lipinski definition) is 3. The topological polar surface area (TPSA) is 73.5 Å². The summed E-state index contributed by atoms with van der Waals surface area (Å²) in [5.41, 5.74) is 0. The van der Waals surface area contributed by atoms with Crippen LogP contribution in [0.2, 0.25) is 0 Å². The van der Waals surface area contributed by atoms with Gasteiger partial charge in [-0.25, -0.2) is 4.79 Å². The summed E-state index contributed by atoms with van der Waals surface area (Å²) >= 11 is 0. The SMILES string of the molecule is CCCCN(CC(=O)NC(=O)NCCC)CC1CCCN1. The monoisotopic (exact) mass is 298 g/mol. The summed E-state index contributed by atoms with van der Waals surface area (Å²) in [5, 5.41) is 8.50. The van der Waals surface area contributed by atoms with E-state index < -0.39 is 6.03 Å². The molecule has 1 unspecified atom stereocenters. The van der Waals surface area contributed by atoms with Crippen molar-refractivity contribution in [2.24, 2.45) is 0 Å². The van der Waals surface area contributed by atoms with E-state index >= 15 is 0 Å². The van der Waals surface area contributed by atoms with E-state index in [1.54, 1.807) is 0 Å². The van der Waals surface area contributed by atoms with Crippen LogP contribution in [0.25, 0.3) is 0 Å². The zero-order valence-electron chi connectivity index (χ0n) is 13.4. The van der Waals surface area contributed by atoms with E-state index in [1.807, 2.05) is 6.92 Å². The molecular weight excluding hydrogens is 268 g/mol. The van der Waals surface area contributed by atoms with Gasteiger partial charge in [-0.05, 0) is 38.8 Å². The largest absolute Gasteiger partial charge is 0.338 e. The summed E-state index contributed by atoms with van der Waals surface area (Å²) in [5.74, 6) is -0.224. The molecule has 122 valence electrons. The fourth-order valence-electron chi connectivity index (χ4n) is 2.49. The molecule has 0 aromatic heterocycles. The summed E-state index contributed by atoms with van der Waals surface area (Å²) in [7, 11) is 0. The van der Waals surface area contributed by atoms with Gasteiger partial charge in [0.2, 0.25) is 5.91 Å². The first-order valence-electron chi connectivity index (χ1n) is 8.19. The van der Waals surface area contributed by atoms with Crippen LogP contribution in [0.5, 0.6) is 0 Å². The lowest BCUT2D eigenvalue weighted by atomic mass is 10.2. The van der Waals surface area contributed by atoms with Gasteiger partial charge >= 0.3 is 6.03 Å². The Morgan fingerprint density at radius 3 is 2.71 bits per heavy atom. The van der Waals surface area contributed by atoms with Crippen molar-refractivity contribution in [3.05, 3.63) is 0 Å². The van der Waals surface area contributed by atoms with Crippen molar-refractivity contribution in [3.63, 3.8) is 0 Å². The third kappa shape index (κ3) is 8.02. The Morgan fingerprint density at radius 2 is 2.10 bits per heavy atom. The van der Waals surface area contributed by atoms with Gasteiger partial charge in [0.05, 0.1) is 6.54 Å². The van der Waals surface area contributed by atoms with Gasteiger partial charge in [0.25, 0.3) is 0 Å². The number of unbranched alkanes of at least 4 members (excludes halogenated alkanes) is 1. The van der Waals surface area contributed by atoms with Gasteiger partial charge in [0.15, 0.2) is 0 Å². The Labute approximate surface area is 128 Å². The molecule has 0 spiro atoms. The van der Waals surface area contributed by atoms with Gasteiger partial charge < -0.3 is 10.6 Å². The van der Waals surface area contributed by atoms with E-state index in [9.17, 15) is 9.59 Å². The quantitative estimate of drug-likeness (QED) is 0.595. The highest BCUT2D eigenvalue weighted by atomic mass is 16.2. The minimum atomic E-state index is -0.392. The molecule has 3 amide bonds. The second-order valence-corrected chi connectivity index (χ2v) is 5.69. The van der Waals surface area contributed by atoms with Crippen LogP contribution in [0.3, 0.4) is 0 Å². The summed E-state index contributed by atoms with van der Waals surface area (Å²) in [4.78, 5) is 25.6. The molecule has 0 aromatic carbocycles. The molecule has 0 saturated carbocycles. The molecule has 1 atom stereocenters. The molecule has 1 fully saturated rings. The lowest BCUT2D eigenvalue weighted by Crippen LogP contribution is -2.47. The number of nitrogens with zero attached hydrogens (tertiary/aromatic N) is 1. The van der Waals surface area contributed by atoms with Crippen LogP contribution in [0.15, 0.2) is 0 Å². The second kappa shape index (κ2) is 10.6. The van der Waals surface area contributed by atoms with Crippen LogP contribution in [-0.4, -0.2) is 55.6 Å². The number of carbonyl (C=O) groups is 2. The number of nitrogens with one attached hydrogen (secondary N) is 3. The molecule has 21 heavy (non-hydrogen) atoms. The first kappa shape index (κ1) is 17.9. The molecule has 1 saturated heterocycles. The first-order valence-corrected chi connectivity index (χ1v) is 8.19. The third-order valence-electron chi connectivity index (χ3n) is 3.62. The summed E-state index contributed by atoms with van der Waals surface area (Å²) in [6.07, 6.45) is 5.41. The fourth-order valence-corrected chi connectivity index (χ4v) is 2.49. The van der Waals surface area contributed by atoms with E-state index in [0.29, 0.717) is 12.6 Å². The maximum Gasteiger partial charge on any atom is 0.321 e. The van der Waals surface area contributed by atoms with Crippen molar-refractivity contribution in [1.82, 2.24) is 20.9 Å². The highest BCUT2D eigenvalue weighted by Gasteiger charge is 2.19. The number of urea groups is 1. The molecule has 0 aromatic rings. The Hall–Kier alpha value is -1.14.